The molecule has 0 aliphatic rings. The highest BCUT2D eigenvalue weighted by Gasteiger charge is 2.21. The largest absolute Gasteiger partial charge is 0.756 e. The van der Waals surface area contributed by atoms with Gasteiger partial charge in [0, 0.05) is 12.8 Å². The number of hydrogen-bond acceptors (Lipinski definition) is 8. The standard InChI is InChI=1S/C49H86NO8P/c1-6-8-10-12-14-16-18-20-22-23-24-25-26-27-28-30-31-33-35-37-39-41-48(51)55-45-47(46-57-59(53,54)56-44-43-50(3,4)5)58-49(52)42-40-38-36-34-32-29-21-19-17-15-13-11-9-7-2/h13,15,19,21-23,25-26,28,30,33,35,47H,6-12,14,16-18,20,24,27,29,31-32,34,36-46H2,1-5H3/b15-13+,21-19+,23-22+,26-25+,30-28+,35-33+/t47-/m0/s1. The molecule has 0 amide bonds. The van der Waals surface area contributed by atoms with Gasteiger partial charge in [0.1, 0.15) is 19.8 Å². The average molecular weight is 848 g/mol. The summed E-state index contributed by atoms with van der Waals surface area (Å²) in [5.74, 6) is -0.922. The minimum Gasteiger partial charge on any atom is -0.756 e. The summed E-state index contributed by atoms with van der Waals surface area (Å²) in [6.45, 7) is 4.09. The fraction of sp³-hybridized carbons (Fsp3) is 0.714. The Kier molecular flexibility index (Phi) is 39.1. The maximum absolute atomic E-state index is 12.7. The van der Waals surface area contributed by atoms with Crippen LogP contribution in [0.15, 0.2) is 72.9 Å². The molecule has 0 aliphatic heterocycles. The summed E-state index contributed by atoms with van der Waals surface area (Å²) >= 11 is 0. The molecule has 2 atom stereocenters. The van der Waals surface area contributed by atoms with Gasteiger partial charge < -0.3 is 27.9 Å². The lowest BCUT2D eigenvalue weighted by atomic mass is 10.1. The van der Waals surface area contributed by atoms with E-state index in [4.69, 9.17) is 18.5 Å². The van der Waals surface area contributed by atoms with Crippen LogP contribution in [-0.4, -0.2) is 70.0 Å². The number of allylic oxidation sites excluding steroid dienone is 12. The first-order valence-electron chi connectivity index (χ1n) is 23.1. The summed E-state index contributed by atoms with van der Waals surface area (Å²) in [5, 5.41) is 0. The van der Waals surface area contributed by atoms with E-state index in [1.807, 2.05) is 21.1 Å². The minimum absolute atomic E-state index is 0.0456. The Morgan fingerprint density at radius 1 is 0.525 bits per heavy atom. The van der Waals surface area contributed by atoms with Crippen LogP contribution in [0.3, 0.4) is 0 Å². The number of ether oxygens (including phenoxy) is 2. The first kappa shape index (κ1) is 56.5. The zero-order valence-electron chi connectivity index (χ0n) is 38.2. The van der Waals surface area contributed by atoms with Crippen LogP contribution in [0.2, 0.25) is 0 Å². The van der Waals surface area contributed by atoms with Crippen molar-refractivity contribution < 1.29 is 42.1 Å². The Balaban J connectivity index is 4.44. The molecular weight excluding hydrogens is 762 g/mol. The van der Waals surface area contributed by atoms with Crippen molar-refractivity contribution in [2.45, 2.75) is 180 Å². The monoisotopic (exact) mass is 848 g/mol. The van der Waals surface area contributed by atoms with Crippen LogP contribution in [0.25, 0.3) is 0 Å². The van der Waals surface area contributed by atoms with Crippen LogP contribution in [0, 0.1) is 0 Å². The first-order chi connectivity index (χ1) is 28.5. The van der Waals surface area contributed by atoms with Gasteiger partial charge in [-0.15, -0.1) is 0 Å². The van der Waals surface area contributed by atoms with E-state index in [2.05, 4.69) is 86.8 Å². The summed E-state index contributed by atoms with van der Waals surface area (Å²) in [5.41, 5.74) is 0. The Hall–Kier alpha value is -2.55. The molecule has 0 bridgehead atoms. The van der Waals surface area contributed by atoms with E-state index in [9.17, 15) is 19.0 Å². The van der Waals surface area contributed by atoms with E-state index >= 15 is 0 Å². The number of carbonyl (C=O) groups is 2. The molecule has 0 aromatic rings. The van der Waals surface area contributed by atoms with E-state index in [1.165, 1.54) is 64.2 Å². The second kappa shape index (κ2) is 40.8. The molecule has 0 aromatic carbocycles. The van der Waals surface area contributed by atoms with Crippen LogP contribution in [0.1, 0.15) is 174 Å². The summed E-state index contributed by atoms with van der Waals surface area (Å²) in [6, 6.07) is 0. The van der Waals surface area contributed by atoms with Gasteiger partial charge in [-0.25, -0.2) is 0 Å². The molecule has 340 valence electrons. The Morgan fingerprint density at radius 2 is 0.949 bits per heavy atom. The number of quaternary nitrogens is 1. The molecule has 0 aliphatic carbocycles. The number of rotatable bonds is 41. The third-order valence-electron chi connectivity index (χ3n) is 9.45. The fourth-order valence-electron chi connectivity index (χ4n) is 5.78. The number of phosphoric ester groups is 1. The maximum atomic E-state index is 12.7. The van der Waals surface area contributed by atoms with Crippen LogP contribution >= 0.6 is 7.82 Å². The molecule has 0 spiro atoms. The normalized spacial score (nSPS) is 14.2. The molecule has 0 N–H and O–H groups in total. The van der Waals surface area contributed by atoms with Gasteiger partial charge in [0.15, 0.2) is 6.10 Å². The molecule has 10 heteroatoms. The van der Waals surface area contributed by atoms with Gasteiger partial charge in [-0.3, -0.25) is 14.2 Å². The second-order valence-corrected chi connectivity index (χ2v) is 17.8. The average Bonchev–Trinajstić information content (AvgIpc) is 3.19. The summed E-state index contributed by atoms with van der Waals surface area (Å²) in [4.78, 5) is 37.5. The topological polar surface area (TPSA) is 111 Å². The number of esters is 2. The molecule has 9 nitrogen and oxygen atoms in total. The van der Waals surface area contributed by atoms with Gasteiger partial charge in [0.25, 0.3) is 7.82 Å². The third kappa shape index (κ3) is 44.8. The van der Waals surface area contributed by atoms with Crippen molar-refractivity contribution in [2.24, 2.45) is 0 Å². The zero-order valence-corrected chi connectivity index (χ0v) is 39.1. The molecular formula is C49H86NO8P. The lowest BCUT2D eigenvalue weighted by Crippen LogP contribution is -2.37. The molecule has 0 saturated heterocycles. The molecule has 1 unspecified atom stereocenters. The molecule has 59 heavy (non-hydrogen) atoms. The van der Waals surface area contributed by atoms with Gasteiger partial charge in [0.2, 0.25) is 0 Å². The third-order valence-corrected chi connectivity index (χ3v) is 10.4. The minimum atomic E-state index is -4.65. The van der Waals surface area contributed by atoms with Crippen molar-refractivity contribution in [1.82, 2.24) is 0 Å². The second-order valence-electron chi connectivity index (χ2n) is 16.4. The van der Waals surface area contributed by atoms with Gasteiger partial charge in [-0.2, -0.15) is 0 Å². The summed E-state index contributed by atoms with van der Waals surface area (Å²) in [6.07, 6.45) is 50.8. The van der Waals surface area contributed by atoms with Crippen molar-refractivity contribution in [3.05, 3.63) is 72.9 Å². The Morgan fingerprint density at radius 3 is 1.46 bits per heavy atom. The molecule has 0 heterocycles. The number of nitrogens with zero attached hydrogens (tertiary/aromatic N) is 1. The first-order valence-corrected chi connectivity index (χ1v) is 24.6. The SMILES string of the molecule is CCCC/C=C/C/C=C/CCCCCCCC(=O)O[C@@H](COC(=O)CCC/C=C/C/C=C/C/C=C/C/C=C/CCCCCCCCC)COP(=O)([O-])OCC[N+](C)(C)C. The van der Waals surface area contributed by atoms with Crippen LogP contribution in [0.4, 0.5) is 0 Å². The Bertz CT molecular complexity index is 1230. The van der Waals surface area contributed by atoms with Crippen molar-refractivity contribution in [1.29, 1.82) is 0 Å². The van der Waals surface area contributed by atoms with Crippen LogP contribution < -0.4 is 4.89 Å². The van der Waals surface area contributed by atoms with Crippen LogP contribution in [0.5, 0.6) is 0 Å². The van der Waals surface area contributed by atoms with Crippen molar-refractivity contribution in [3.8, 4) is 0 Å². The quantitative estimate of drug-likeness (QED) is 0.0197. The lowest BCUT2D eigenvalue weighted by molar-refractivity contribution is -0.870. The van der Waals surface area contributed by atoms with Crippen LogP contribution in [-0.2, 0) is 32.7 Å². The summed E-state index contributed by atoms with van der Waals surface area (Å²) in [7, 11) is 1.12. The molecule has 0 fully saturated rings. The number of hydrogen-bond donors (Lipinski definition) is 0. The maximum Gasteiger partial charge on any atom is 0.306 e. The van der Waals surface area contributed by atoms with E-state index in [-0.39, 0.29) is 26.1 Å². The number of likely N-dealkylation sites (N-methyl/N-ethyl adjacent to an activating group) is 1. The summed E-state index contributed by atoms with van der Waals surface area (Å²) < 4.78 is 33.8. The molecule has 0 aromatic heterocycles. The van der Waals surface area contributed by atoms with Crippen molar-refractivity contribution >= 4 is 19.8 Å². The van der Waals surface area contributed by atoms with E-state index in [1.54, 1.807) is 0 Å². The van der Waals surface area contributed by atoms with Gasteiger partial charge >= 0.3 is 11.9 Å². The van der Waals surface area contributed by atoms with E-state index in [0.717, 1.165) is 70.6 Å². The lowest BCUT2D eigenvalue weighted by Gasteiger charge is -2.28. The number of phosphoric acid groups is 1. The fourth-order valence-corrected chi connectivity index (χ4v) is 6.51. The Labute approximate surface area is 361 Å². The number of carbonyl (C=O) groups excluding carboxylic acids is 2. The van der Waals surface area contributed by atoms with Gasteiger partial charge in [-0.1, -0.05) is 157 Å². The van der Waals surface area contributed by atoms with Gasteiger partial charge in [0.05, 0.1) is 27.7 Å². The predicted molar refractivity (Wildman–Crippen MR) is 245 cm³/mol. The molecule has 0 saturated carbocycles. The van der Waals surface area contributed by atoms with Gasteiger partial charge in [-0.05, 0) is 77.0 Å². The highest BCUT2D eigenvalue weighted by molar-refractivity contribution is 7.45. The molecule has 0 radical (unpaired) electrons. The van der Waals surface area contributed by atoms with E-state index in [0.29, 0.717) is 23.9 Å². The van der Waals surface area contributed by atoms with Crippen molar-refractivity contribution in [3.63, 3.8) is 0 Å². The predicted octanol–water partition coefficient (Wildman–Crippen LogP) is 12.8. The smallest absolute Gasteiger partial charge is 0.306 e. The number of unbranched alkanes of at least 4 members (excludes halogenated alkanes) is 15. The highest BCUT2D eigenvalue weighted by atomic mass is 31.2. The van der Waals surface area contributed by atoms with Crippen molar-refractivity contribution in [2.75, 3.05) is 47.5 Å². The highest BCUT2D eigenvalue weighted by Crippen LogP contribution is 2.38. The van der Waals surface area contributed by atoms with E-state index < -0.39 is 32.5 Å². The zero-order chi connectivity index (χ0) is 43.6. The molecule has 0 rings (SSSR count).